The highest BCUT2D eigenvalue weighted by molar-refractivity contribution is 5.34. The largest absolute Gasteiger partial charge is 0.318 e. The molecule has 1 aromatic heterocycles. The van der Waals surface area contributed by atoms with Gasteiger partial charge in [0.2, 0.25) is 0 Å². The molecule has 1 aliphatic carbocycles. The van der Waals surface area contributed by atoms with Gasteiger partial charge in [-0.25, -0.2) is 0 Å². The fraction of sp³-hybridized carbons (Fsp3) is 0.364. The standard InChI is InChI=1S/C11H13NO/c1-8-3-4-9-5-6-12(2)11(13)10(9)7-8/h3,5-6H,4,7H2,1-2H3. The fourth-order valence-corrected chi connectivity index (χ4v) is 1.74. The van der Waals surface area contributed by atoms with Gasteiger partial charge in [-0.15, -0.1) is 0 Å². The Hall–Kier alpha value is -1.31. The van der Waals surface area contributed by atoms with Gasteiger partial charge in [0.1, 0.15) is 0 Å². The average Bonchev–Trinajstić information content (AvgIpc) is 2.12. The monoisotopic (exact) mass is 175 g/mol. The molecule has 0 saturated heterocycles. The SMILES string of the molecule is CC1=CCc2ccn(C)c(=O)c2C1. The molecule has 2 rings (SSSR count). The number of pyridine rings is 1. The molecule has 0 aliphatic heterocycles. The number of hydrogen-bond donors (Lipinski definition) is 0. The zero-order valence-corrected chi connectivity index (χ0v) is 8.00. The fourth-order valence-electron chi connectivity index (χ4n) is 1.74. The summed E-state index contributed by atoms with van der Waals surface area (Å²) in [6.07, 6.45) is 5.78. The second-order valence-electron chi connectivity index (χ2n) is 3.67. The molecule has 2 nitrogen and oxygen atoms in total. The lowest BCUT2D eigenvalue weighted by Gasteiger charge is -2.14. The van der Waals surface area contributed by atoms with Crippen molar-refractivity contribution >= 4 is 0 Å². The van der Waals surface area contributed by atoms with Gasteiger partial charge in [0.25, 0.3) is 5.56 Å². The van der Waals surface area contributed by atoms with E-state index in [-0.39, 0.29) is 5.56 Å². The summed E-state index contributed by atoms with van der Waals surface area (Å²) in [6, 6.07) is 2.04. The van der Waals surface area contributed by atoms with E-state index in [1.165, 1.54) is 11.1 Å². The first-order valence-electron chi connectivity index (χ1n) is 4.51. The summed E-state index contributed by atoms with van der Waals surface area (Å²) in [4.78, 5) is 11.7. The van der Waals surface area contributed by atoms with Crippen molar-refractivity contribution in [1.82, 2.24) is 4.57 Å². The van der Waals surface area contributed by atoms with Crippen LogP contribution in [0.5, 0.6) is 0 Å². The maximum Gasteiger partial charge on any atom is 0.254 e. The Labute approximate surface area is 77.5 Å². The van der Waals surface area contributed by atoms with Gasteiger partial charge in [0, 0.05) is 18.8 Å². The van der Waals surface area contributed by atoms with Crippen LogP contribution in [0.2, 0.25) is 0 Å². The minimum absolute atomic E-state index is 0.157. The van der Waals surface area contributed by atoms with Crippen molar-refractivity contribution in [2.24, 2.45) is 7.05 Å². The van der Waals surface area contributed by atoms with Crippen LogP contribution >= 0.6 is 0 Å². The Kier molecular flexibility index (Phi) is 1.83. The minimum Gasteiger partial charge on any atom is -0.318 e. The predicted molar refractivity (Wildman–Crippen MR) is 52.8 cm³/mol. The van der Waals surface area contributed by atoms with Gasteiger partial charge < -0.3 is 4.57 Å². The van der Waals surface area contributed by atoms with Crippen molar-refractivity contribution < 1.29 is 0 Å². The summed E-state index contributed by atoms with van der Waals surface area (Å²) < 4.78 is 1.65. The number of aromatic nitrogens is 1. The molecule has 0 bridgehead atoms. The third-order valence-electron chi connectivity index (χ3n) is 2.59. The summed E-state index contributed by atoms with van der Waals surface area (Å²) in [6.45, 7) is 2.08. The van der Waals surface area contributed by atoms with Crippen molar-refractivity contribution in [3.63, 3.8) is 0 Å². The van der Waals surface area contributed by atoms with Gasteiger partial charge >= 0.3 is 0 Å². The van der Waals surface area contributed by atoms with E-state index in [0.717, 1.165) is 18.4 Å². The minimum atomic E-state index is 0.157. The Morgan fingerprint density at radius 1 is 1.46 bits per heavy atom. The van der Waals surface area contributed by atoms with Crippen LogP contribution in [0.4, 0.5) is 0 Å². The second-order valence-corrected chi connectivity index (χ2v) is 3.67. The molecule has 0 fully saturated rings. The molecule has 0 N–H and O–H groups in total. The first kappa shape index (κ1) is 8.30. The van der Waals surface area contributed by atoms with E-state index in [2.05, 4.69) is 13.0 Å². The maximum absolute atomic E-state index is 11.7. The van der Waals surface area contributed by atoms with Crippen LogP contribution in [0.25, 0.3) is 0 Å². The molecule has 2 heteroatoms. The molecule has 0 unspecified atom stereocenters. The molecule has 0 atom stereocenters. The summed E-state index contributed by atoms with van der Waals surface area (Å²) in [5, 5.41) is 0. The molecule has 0 radical (unpaired) electrons. The van der Waals surface area contributed by atoms with Crippen molar-refractivity contribution in [1.29, 1.82) is 0 Å². The summed E-state index contributed by atoms with van der Waals surface area (Å²) in [7, 11) is 1.80. The second kappa shape index (κ2) is 2.87. The normalized spacial score (nSPS) is 15.1. The van der Waals surface area contributed by atoms with Gasteiger partial charge in [0.05, 0.1) is 0 Å². The third-order valence-corrected chi connectivity index (χ3v) is 2.59. The molecular weight excluding hydrogens is 162 g/mol. The lowest BCUT2D eigenvalue weighted by atomic mass is 9.94. The lowest BCUT2D eigenvalue weighted by molar-refractivity contribution is 0.818. The number of allylic oxidation sites excluding steroid dienone is 2. The molecule has 1 heterocycles. The highest BCUT2D eigenvalue weighted by Gasteiger charge is 2.12. The van der Waals surface area contributed by atoms with E-state index < -0.39 is 0 Å². The zero-order chi connectivity index (χ0) is 9.42. The van der Waals surface area contributed by atoms with Crippen molar-refractivity contribution in [2.45, 2.75) is 19.8 Å². The van der Waals surface area contributed by atoms with E-state index in [4.69, 9.17) is 0 Å². The van der Waals surface area contributed by atoms with Crippen LogP contribution in [0, 0.1) is 0 Å². The summed E-state index contributed by atoms with van der Waals surface area (Å²) in [5.74, 6) is 0. The summed E-state index contributed by atoms with van der Waals surface area (Å²) >= 11 is 0. The van der Waals surface area contributed by atoms with Crippen LogP contribution in [0.15, 0.2) is 28.7 Å². The number of fused-ring (bicyclic) bond motifs is 1. The number of rotatable bonds is 0. The van der Waals surface area contributed by atoms with Gasteiger partial charge in [0.15, 0.2) is 0 Å². The van der Waals surface area contributed by atoms with Crippen molar-refractivity contribution in [3.8, 4) is 0 Å². The van der Waals surface area contributed by atoms with E-state index in [1.54, 1.807) is 11.6 Å². The van der Waals surface area contributed by atoms with Crippen LogP contribution < -0.4 is 5.56 Å². The molecule has 1 aliphatic rings. The topological polar surface area (TPSA) is 22.0 Å². The molecule has 0 saturated carbocycles. The first-order valence-corrected chi connectivity index (χ1v) is 4.51. The third kappa shape index (κ3) is 1.32. The Balaban J connectivity index is 2.61. The van der Waals surface area contributed by atoms with Crippen molar-refractivity contribution in [2.75, 3.05) is 0 Å². The van der Waals surface area contributed by atoms with E-state index in [9.17, 15) is 4.79 Å². The summed E-state index contributed by atoms with van der Waals surface area (Å²) in [5.41, 5.74) is 3.62. The quantitative estimate of drug-likeness (QED) is 0.547. The molecule has 0 spiro atoms. The van der Waals surface area contributed by atoms with Gasteiger partial charge in [-0.3, -0.25) is 4.79 Å². The Morgan fingerprint density at radius 3 is 3.00 bits per heavy atom. The molecule has 13 heavy (non-hydrogen) atoms. The number of aryl methyl sites for hydroxylation is 1. The van der Waals surface area contributed by atoms with Gasteiger partial charge in [-0.2, -0.15) is 0 Å². The number of hydrogen-bond acceptors (Lipinski definition) is 1. The smallest absolute Gasteiger partial charge is 0.254 e. The molecular formula is C11H13NO. The maximum atomic E-state index is 11.7. The van der Waals surface area contributed by atoms with E-state index in [1.807, 2.05) is 12.3 Å². The number of nitrogens with zero attached hydrogens (tertiary/aromatic N) is 1. The van der Waals surface area contributed by atoms with Gasteiger partial charge in [-0.1, -0.05) is 11.6 Å². The Bertz CT molecular complexity index is 426. The highest BCUT2D eigenvalue weighted by Crippen LogP contribution is 2.16. The van der Waals surface area contributed by atoms with Crippen LogP contribution in [-0.2, 0) is 19.9 Å². The predicted octanol–water partition coefficient (Wildman–Crippen LogP) is 1.43. The zero-order valence-electron chi connectivity index (χ0n) is 8.00. The van der Waals surface area contributed by atoms with Gasteiger partial charge in [-0.05, 0) is 31.4 Å². The van der Waals surface area contributed by atoms with Crippen LogP contribution in [-0.4, -0.2) is 4.57 Å². The van der Waals surface area contributed by atoms with Crippen molar-refractivity contribution in [3.05, 3.63) is 45.4 Å². The van der Waals surface area contributed by atoms with E-state index >= 15 is 0 Å². The average molecular weight is 175 g/mol. The first-order chi connectivity index (χ1) is 6.18. The molecule has 0 aromatic carbocycles. The molecule has 68 valence electrons. The van der Waals surface area contributed by atoms with E-state index in [0.29, 0.717) is 0 Å². The molecule has 0 amide bonds. The lowest BCUT2D eigenvalue weighted by Crippen LogP contribution is -2.24. The molecule has 1 aromatic rings. The highest BCUT2D eigenvalue weighted by atomic mass is 16.1. The van der Waals surface area contributed by atoms with Crippen LogP contribution in [0.1, 0.15) is 18.1 Å². The van der Waals surface area contributed by atoms with Crippen LogP contribution in [0.3, 0.4) is 0 Å². The Morgan fingerprint density at radius 2 is 2.23 bits per heavy atom.